The standard InChI is InChI=1S/C13H22FNO/c1-9-8-11-2-3-12(13(9)14)15(11)10-4-6-16-7-5-10/h9-13H,2-8H2,1H3/t9-,11-,12+,13-/m1/s1. The van der Waals surface area contributed by atoms with Crippen LogP contribution in [0.2, 0.25) is 0 Å². The van der Waals surface area contributed by atoms with Crippen LogP contribution >= 0.6 is 0 Å². The minimum atomic E-state index is -0.596. The minimum Gasteiger partial charge on any atom is -0.381 e. The zero-order chi connectivity index (χ0) is 11.1. The largest absolute Gasteiger partial charge is 0.381 e. The molecule has 2 nitrogen and oxygen atoms in total. The van der Waals surface area contributed by atoms with Crippen LogP contribution in [-0.4, -0.2) is 42.4 Å². The van der Waals surface area contributed by atoms with Crippen LogP contribution in [0, 0.1) is 5.92 Å². The van der Waals surface area contributed by atoms with E-state index in [4.69, 9.17) is 4.74 Å². The molecule has 3 aliphatic heterocycles. The molecule has 0 radical (unpaired) electrons. The minimum absolute atomic E-state index is 0.219. The van der Waals surface area contributed by atoms with E-state index in [1.165, 1.54) is 6.42 Å². The molecule has 3 heteroatoms. The summed E-state index contributed by atoms with van der Waals surface area (Å²) in [6.45, 7) is 3.82. The van der Waals surface area contributed by atoms with Crippen LogP contribution in [0.15, 0.2) is 0 Å². The number of fused-ring (bicyclic) bond motifs is 2. The summed E-state index contributed by atoms with van der Waals surface area (Å²) in [6, 6.07) is 1.48. The van der Waals surface area contributed by atoms with Crippen LogP contribution < -0.4 is 0 Å². The Morgan fingerprint density at radius 2 is 1.81 bits per heavy atom. The first-order valence-corrected chi connectivity index (χ1v) is 6.76. The van der Waals surface area contributed by atoms with Crippen molar-refractivity contribution in [2.45, 2.75) is 63.3 Å². The molecule has 16 heavy (non-hydrogen) atoms. The van der Waals surface area contributed by atoms with Gasteiger partial charge in [0.1, 0.15) is 6.17 Å². The first-order valence-electron chi connectivity index (χ1n) is 6.76. The van der Waals surface area contributed by atoms with Gasteiger partial charge in [0.25, 0.3) is 0 Å². The Hall–Kier alpha value is -0.150. The highest BCUT2D eigenvalue weighted by molar-refractivity contribution is 5.02. The first-order chi connectivity index (χ1) is 7.77. The van der Waals surface area contributed by atoms with Crippen molar-refractivity contribution in [2.75, 3.05) is 13.2 Å². The molecule has 4 atom stereocenters. The SMILES string of the molecule is C[C@@H]1C[C@H]2CC[C@@H]([C@@H]1F)N2C1CCOCC1. The third-order valence-electron chi connectivity index (χ3n) is 4.77. The summed E-state index contributed by atoms with van der Waals surface area (Å²) < 4.78 is 19.6. The molecule has 3 aliphatic rings. The van der Waals surface area contributed by atoms with Crippen molar-refractivity contribution in [2.24, 2.45) is 5.92 Å². The maximum atomic E-state index is 14.2. The van der Waals surface area contributed by atoms with Crippen molar-refractivity contribution >= 4 is 0 Å². The summed E-state index contributed by atoms with van der Waals surface area (Å²) in [5.41, 5.74) is 0. The highest BCUT2D eigenvalue weighted by Gasteiger charge is 2.48. The summed E-state index contributed by atoms with van der Waals surface area (Å²) in [5, 5.41) is 0. The Balaban J connectivity index is 1.75. The Labute approximate surface area is 97.1 Å². The lowest BCUT2D eigenvalue weighted by atomic mass is 9.88. The lowest BCUT2D eigenvalue weighted by Crippen LogP contribution is -2.55. The van der Waals surface area contributed by atoms with Crippen LogP contribution in [0.25, 0.3) is 0 Å². The average Bonchev–Trinajstić information content (AvgIpc) is 2.66. The molecule has 0 N–H and O–H groups in total. The molecule has 2 bridgehead atoms. The predicted molar refractivity (Wildman–Crippen MR) is 61.2 cm³/mol. The van der Waals surface area contributed by atoms with Gasteiger partial charge in [-0.25, -0.2) is 4.39 Å². The summed E-state index contributed by atoms with van der Waals surface area (Å²) in [5.74, 6) is 0.272. The van der Waals surface area contributed by atoms with Gasteiger partial charge in [0.05, 0.1) is 0 Å². The average molecular weight is 227 g/mol. The first kappa shape index (κ1) is 11.0. The number of hydrogen-bond donors (Lipinski definition) is 0. The van der Waals surface area contributed by atoms with Crippen molar-refractivity contribution in [3.63, 3.8) is 0 Å². The highest BCUT2D eigenvalue weighted by Crippen LogP contribution is 2.42. The lowest BCUT2D eigenvalue weighted by molar-refractivity contribution is -0.0390. The lowest BCUT2D eigenvalue weighted by Gasteiger charge is -2.45. The Morgan fingerprint density at radius 3 is 2.56 bits per heavy atom. The molecule has 3 saturated heterocycles. The molecule has 3 fully saturated rings. The predicted octanol–water partition coefficient (Wildman–Crippen LogP) is 2.38. The van der Waals surface area contributed by atoms with E-state index in [1.807, 2.05) is 0 Å². The number of nitrogens with zero attached hydrogens (tertiary/aromatic N) is 1. The van der Waals surface area contributed by atoms with Gasteiger partial charge in [-0.05, 0) is 38.0 Å². The van der Waals surface area contributed by atoms with Gasteiger partial charge in [-0.3, -0.25) is 4.90 Å². The smallest absolute Gasteiger partial charge is 0.118 e. The van der Waals surface area contributed by atoms with Gasteiger partial charge >= 0.3 is 0 Å². The molecule has 0 amide bonds. The van der Waals surface area contributed by atoms with E-state index in [-0.39, 0.29) is 12.0 Å². The van der Waals surface area contributed by atoms with Crippen LogP contribution in [0.4, 0.5) is 4.39 Å². The van der Waals surface area contributed by atoms with Crippen molar-refractivity contribution in [1.82, 2.24) is 4.90 Å². The molecule has 0 aromatic rings. The number of ether oxygens (including phenoxy) is 1. The number of hydrogen-bond acceptors (Lipinski definition) is 2. The van der Waals surface area contributed by atoms with Crippen molar-refractivity contribution in [1.29, 1.82) is 0 Å². The fraction of sp³-hybridized carbons (Fsp3) is 1.00. The van der Waals surface area contributed by atoms with Gasteiger partial charge in [0, 0.05) is 31.3 Å². The quantitative estimate of drug-likeness (QED) is 0.682. The Kier molecular flexibility index (Phi) is 2.92. The van der Waals surface area contributed by atoms with Crippen molar-refractivity contribution in [3.8, 4) is 0 Å². The van der Waals surface area contributed by atoms with Gasteiger partial charge in [-0.15, -0.1) is 0 Å². The molecular formula is C13H22FNO. The third-order valence-corrected chi connectivity index (χ3v) is 4.77. The maximum absolute atomic E-state index is 14.2. The monoisotopic (exact) mass is 227 g/mol. The molecule has 0 aromatic heterocycles. The Morgan fingerprint density at radius 1 is 1.06 bits per heavy atom. The molecule has 0 aromatic carbocycles. The number of rotatable bonds is 1. The van der Waals surface area contributed by atoms with Crippen molar-refractivity contribution in [3.05, 3.63) is 0 Å². The van der Waals surface area contributed by atoms with Crippen LogP contribution in [0.5, 0.6) is 0 Å². The van der Waals surface area contributed by atoms with Crippen LogP contribution in [0.1, 0.15) is 39.0 Å². The molecule has 0 aliphatic carbocycles. The summed E-state index contributed by atoms with van der Waals surface area (Å²) in [6.07, 6.45) is 4.97. The molecule has 92 valence electrons. The van der Waals surface area contributed by atoms with E-state index in [2.05, 4.69) is 11.8 Å². The summed E-state index contributed by atoms with van der Waals surface area (Å²) in [7, 11) is 0. The zero-order valence-corrected chi connectivity index (χ0v) is 10.1. The summed E-state index contributed by atoms with van der Waals surface area (Å²) in [4.78, 5) is 2.52. The van der Waals surface area contributed by atoms with E-state index in [0.29, 0.717) is 12.1 Å². The van der Waals surface area contributed by atoms with E-state index in [0.717, 1.165) is 38.9 Å². The fourth-order valence-corrected chi connectivity index (χ4v) is 3.99. The van der Waals surface area contributed by atoms with Gasteiger partial charge < -0.3 is 4.74 Å². The normalized spacial score (nSPS) is 46.1. The molecule has 0 saturated carbocycles. The molecule has 0 spiro atoms. The number of halogens is 1. The van der Waals surface area contributed by atoms with E-state index in [9.17, 15) is 4.39 Å². The second-order valence-corrected chi connectivity index (χ2v) is 5.75. The van der Waals surface area contributed by atoms with E-state index >= 15 is 0 Å². The van der Waals surface area contributed by atoms with Gasteiger partial charge in [0.15, 0.2) is 0 Å². The highest BCUT2D eigenvalue weighted by atomic mass is 19.1. The zero-order valence-electron chi connectivity index (χ0n) is 10.1. The Bertz CT molecular complexity index is 254. The fourth-order valence-electron chi connectivity index (χ4n) is 3.99. The topological polar surface area (TPSA) is 12.5 Å². The van der Waals surface area contributed by atoms with Gasteiger partial charge in [0.2, 0.25) is 0 Å². The maximum Gasteiger partial charge on any atom is 0.118 e. The molecular weight excluding hydrogens is 205 g/mol. The van der Waals surface area contributed by atoms with E-state index in [1.54, 1.807) is 0 Å². The second kappa shape index (κ2) is 4.26. The van der Waals surface area contributed by atoms with Gasteiger partial charge in [-0.1, -0.05) is 6.92 Å². The van der Waals surface area contributed by atoms with Crippen LogP contribution in [-0.2, 0) is 4.74 Å². The van der Waals surface area contributed by atoms with Crippen LogP contribution in [0.3, 0.4) is 0 Å². The number of piperidine rings is 1. The number of alkyl halides is 1. The second-order valence-electron chi connectivity index (χ2n) is 5.75. The summed E-state index contributed by atoms with van der Waals surface area (Å²) >= 11 is 0. The van der Waals surface area contributed by atoms with Gasteiger partial charge in [-0.2, -0.15) is 0 Å². The van der Waals surface area contributed by atoms with Crippen molar-refractivity contribution < 1.29 is 9.13 Å². The third kappa shape index (κ3) is 1.68. The molecule has 3 rings (SSSR count). The molecule has 3 heterocycles. The molecule has 0 unspecified atom stereocenters. The van der Waals surface area contributed by atoms with E-state index < -0.39 is 6.17 Å².